The number of aliphatic carboxylic acids is 1. The van der Waals surface area contributed by atoms with Gasteiger partial charge in [-0.25, -0.2) is 4.79 Å². The highest BCUT2D eigenvalue weighted by molar-refractivity contribution is 5.88. The van der Waals surface area contributed by atoms with Crippen molar-refractivity contribution >= 4 is 17.8 Å². The molecule has 7 N–H and O–H groups in total. The number of carboxylic acids is 1. The Morgan fingerprint density at radius 3 is 2.59 bits per heavy atom. The fourth-order valence-corrected chi connectivity index (χ4v) is 3.76. The quantitative estimate of drug-likeness (QED) is 0.206. The molecule has 0 radical (unpaired) electrons. The Hall–Kier alpha value is -2.65. The SMILES string of the molecule is CC(O)CN(C(=O)[C@H]1NCCC1c1ccccc1)[C@@H](CCCN=C(N)N)C(=O)O. The first kappa shape index (κ1) is 22.6. The van der Waals surface area contributed by atoms with Gasteiger partial charge in [0.1, 0.15) is 6.04 Å². The maximum atomic E-state index is 13.4. The number of aliphatic hydroxyl groups is 1. The van der Waals surface area contributed by atoms with E-state index in [1.54, 1.807) is 0 Å². The van der Waals surface area contributed by atoms with E-state index in [2.05, 4.69) is 10.3 Å². The Morgan fingerprint density at radius 2 is 2.00 bits per heavy atom. The molecule has 1 fully saturated rings. The van der Waals surface area contributed by atoms with Gasteiger partial charge in [0.25, 0.3) is 0 Å². The number of guanidine groups is 1. The van der Waals surface area contributed by atoms with Gasteiger partial charge in [0.2, 0.25) is 5.91 Å². The summed E-state index contributed by atoms with van der Waals surface area (Å²) < 4.78 is 0. The summed E-state index contributed by atoms with van der Waals surface area (Å²) in [6, 6.07) is 8.11. The van der Waals surface area contributed by atoms with E-state index in [4.69, 9.17) is 11.5 Å². The maximum Gasteiger partial charge on any atom is 0.326 e. The molecule has 1 aliphatic rings. The van der Waals surface area contributed by atoms with Crippen molar-refractivity contribution < 1.29 is 19.8 Å². The van der Waals surface area contributed by atoms with Gasteiger partial charge < -0.3 is 31.9 Å². The molecule has 160 valence electrons. The minimum atomic E-state index is -1.11. The zero-order chi connectivity index (χ0) is 21.4. The number of aliphatic imine (C=N–C) groups is 1. The fraction of sp³-hybridized carbons (Fsp3) is 0.550. The molecule has 1 aromatic rings. The summed E-state index contributed by atoms with van der Waals surface area (Å²) in [6.45, 7) is 2.42. The first-order chi connectivity index (χ1) is 13.8. The number of hydrogen-bond donors (Lipinski definition) is 5. The Labute approximate surface area is 170 Å². The summed E-state index contributed by atoms with van der Waals surface area (Å²) in [5, 5.41) is 22.9. The van der Waals surface area contributed by atoms with Crippen LogP contribution in [0.5, 0.6) is 0 Å². The van der Waals surface area contributed by atoms with Crippen LogP contribution in [-0.4, -0.2) is 70.8 Å². The molecule has 0 aliphatic carbocycles. The lowest BCUT2D eigenvalue weighted by molar-refractivity contribution is -0.152. The van der Waals surface area contributed by atoms with Crippen molar-refractivity contribution in [2.45, 2.75) is 50.3 Å². The van der Waals surface area contributed by atoms with Gasteiger partial charge in [-0.05, 0) is 38.3 Å². The number of aliphatic hydroxyl groups excluding tert-OH is 1. The second kappa shape index (κ2) is 10.8. The average Bonchev–Trinajstić information content (AvgIpc) is 3.16. The van der Waals surface area contributed by atoms with Crippen LogP contribution >= 0.6 is 0 Å². The van der Waals surface area contributed by atoms with Crippen LogP contribution in [0, 0.1) is 0 Å². The highest BCUT2D eigenvalue weighted by atomic mass is 16.4. The second-order valence-corrected chi connectivity index (χ2v) is 7.38. The number of carboxylic acid groups (broad SMARTS) is 1. The van der Waals surface area contributed by atoms with Crippen LogP contribution in [0.2, 0.25) is 0 Å². The molecule has 1 saturated heterocycles. The molecule has 2 unspecified atom stereocenters. The molecule has 1 aromatic carbocycles. The van der Waals surface area contributed by atoms with Gasteiger partial charge in [-0.15, -0.1) is 0 Å². The van der Waals surface area contributed by atoms with Gasteiger partial charge in [-0.3, -0.25) is 9.79 Å². The number of hydrogen-bond acceptors (Lipinski definition) is 5. The average molecular weight is 405 g/mol. The third-order valence-corrected chi connectivity index (χ3v) is 5.05. The molecule has 1 heterocycles. The Kier molecular flexibility index (Phi) is 8.41. The Morgan fingerprint density at radius 1 is 1.31 bits per heavy atom. The highest BCUT2D eigenvalue weighted by Crippen LogP contribution is 2.29. The monoisotopic (exact) mass is 405 g/mol. The number of nitrogens with zero attached hydrogens (tertiary/aromatic N) is 2. The van der Waals surface area contributed by atoms with E-state index in [0.717, 1.165) is 12.0 Å². The molecule has 9 nitrogen and oxygen atoms in total. The van der Waals surface area contributed by atoms with E-state index in [1.807, 2.05) is 30.3 Å². The number of nitrogens with two attached hydrogens (primary N) is 2. The van der Waals surface area contributed by atoms with Crippen molar-refractivity contribution in [1.29, 1.82) is 0 Å². The molecular formula is C20H31N5O4. The predicted octanol–water partition coefficient (Wildman–Crippen LogP) is -0.152. The van der Waals surface area contributed by atoms with E-state index < -0.39 is 24.2 Å². The van der Waals surface area contributed by atoms with Gasteiger partial charge in [0.15, 0.2) is 5.96 Å². The van der Waals surface area contributed by atoms with E-state index in [0.29, 0.717) is 13.0 Å². The van der Waals surface area contributed by atoms with Crippen LogP contribution in [0.25, 0.3) is 0 Å². The second-order valence-electron chi connectivity index (χ2n) is 7.38. The molecule has 29 heavy (non-hydrogen) atoms. The van der Waals surface area contributed by atoms with Crippen LogP contribution in [0.1, 0.15) is 37.7 Å². The molecule has 0 bridgehead atoms. The Balaban J connectivity index is 2.20. The minimum Gasteiger partial charge on any atom is -0.480 e. The van der Waals surface area contributed by atoms with Crippen molar-refractivity contribution in [2.24, 2.45) is 16.5 Å². The highest BCUT2D eigenvalue weighted by Gasteiger charge is 2.40. The zero-order valence-electron chi connectivity index (χ0n) is 16.7. The summed E-state index contributed by atoms with van der Waals surface area (Å²) in [5.41, 5.74) is 11.6. The van der Waals surface area contributed by atoms with Crippen LogP contribution in [-0.2, 0) is 9.59 Å². The van der Waals surface area contributed by atoms with Gasteiger partial charge >= 0.3 is 5.97 Å². The summed E-state index contributed by atoms with van der Waals surface area (Å²) in [5.74, 6) is -1.53. The number of carbonyl (C=O) groups is 2. The first-order valence-electron chi connectivity index (χ1n) is 9.86. The summed E-state index contributed by atoms with van der Waals surface area (Å²) in [6.07, 6.45) is 0.520. The maximum absolute atomic E-state index is 13.4. The summed E-state index contributed by atoms with van der Waals surface area (Å²) >= 11 is 0. The van der Waals surface area contributed by atoms with Gasteiger partial charge in [0, 0.05) is 19.0 Å². The van der Waals surface area contributed by atoms with Gasteiger partial charge in [0.05, 0.1) is 12.1 Å². The van der Waals surface area contributed by atoms with E-state index in [9.17, 15) is 19.8 Å². The molecule has 1 amide bonds. The third-order valence-electron chi connectivity index (χ3n) is 5.05. The number of benzene rings is 1. The van der Waals surface area contributed by atoms with Gasteiger partial charge in [-0.1, -0.05) is 30.3 Å². The number of nitrogens with one attached hydrogen (secondary N) is 1. The first-order valence-corrected chi connectivity index (χ1v) is 9.86. The van der Waals surface area contributed by atoms with Crippen molar-refractivity contribution in [3.63, 3.8) is 0 Å². The largest absolute Gasteiger partial charge is 0.480 e. The van der Waals surface area contributed by atoms with Crippen molar-refractivity contribution in [2.75, 3.05) is 19.6 Å². The van der Waals surface area contributed by atoms with Crippen molar-refractivity contribution in [1.82, 2.24) is 10.2 Å². The molecule has 9 heteroatoms. The zero-order valence-corrected chi connectivity index (χ0v) is 16.7. The third kappa shape index (κ3) is 6.43. The summed E-state index contributed by atoms with van der Waals surface area (Å²) in [4.78, 5) is 30.5. The normalized spacial score (nSPS) is 20.6. The van der Waals surface area contributed by atoms with Crippen molar-refractivity contribution in [3.05, 3.63) is 35.9 Å². The van der Waals surface area contributed by atoms with Crippen LogP contribution < -0.4 is 16.8 Å². The molecule has 0 saturated carbocycles. The van der Waals surface area contributed by atoms with Crippen LogP contribution in [0.4, 0.5) is 0 Å². The molecule has 4 atom stereocenters. The number of carbonyl (C=O) groups excluding carboxylic acids is 1. The number of rotatable bonds is 10. The minimum absolute atomic E-state index is 0.0451. The lowest BCUT2D eigenvalue weighted by Crippen LogP contribution is -2.54. The Bertz CT molecular complexity index is 706. The molecule has 0 spiro atoms. The van der Waals surface area contributed by atoms with Crippen LogP contribution in [0.15, 0.2) is 35.3 Å². The predicted molar refractivity (Wildman–Crippen MR) is 110 cm³/mol. The molecule has 0 aromatic heterocycles. The van der Waals surface area contributed by atoms with E-state index in [-0.39, 0.29) is 37.3 Å². The molecular weight excluding hydrogens is 374 g/mol. The fourth-order valence-electron chi connectivity index (χ4n) is 3.76. The standard InChI is InChI=1S/C20H31N5O4/c1-13(26)12-25(16(19(28)29)8-5-10-24-20(21)22)18(27)17-15(9-11-23-17)14-6-3-2-4-7-14/h2-4,6-7,13,15-17,23,26H,5,8-12H2,1H3,(H,28,29)(H4,21,22,24)/t13?,15?,16-,17-/m0/s1. The number of amides is 1. The van der Waals surface area contributed by atoms with E-state index >= 15 is 0 Å². The summed E-state index contributed by atoms with van der Waals surface area (Å²) in [7, 11) is 0. The van der Waals surface area contributed by atoms with Gasteiger partial charge in [-0.2, -0.15) is 0 Å². The lowest BCUT2D eigenvalue weighted by atomic mass is 9.90. The van der Waals surface area contributed by atoms with Crippen LogP contribution in [0.3, 0.4) is 0 Å². The smallest absolute Gasteiger partial charge is 0.326 e. The lowest BCUT2D eigenvalue weighted by Gasteiger charge is -2.33. The van der Waals surface area contributed by atoms with E-state index in [1.165, 1.54) is 11.8 Å². The molecule has 2 rings (SSSR count). The molecule has 1 aliphatic heterocycles. The topological polar surface area (TPSA) is 154 Å². The van der Waals surface area contributed by atoms with Crippen molar-refractivity contribution in [3.8, 4) is 0 Å².